The number of phenols is 1. The Morgan fingerprint density at radius 3 is 3.00 bits per heavy atom. The average Bonchev–Trinajstić information content (AvgIpc) is 2.72. The van der Waals surface area contributed by atoms with Crippen LogP contribution in [0.25, 0.3) is 0 Å². The number of rotatable bonds is 6. The first kappa shape index (κ1) is 18.7. The number of phenolic OH excluding ortho intramolecular Hbond substituents is 1. The largest absolute Gasteiger partial charge is 0.507 e. The second-order valence-electron chi connectivity index (χ2n) is 6.35. The normalized spacial score (nSPS) is 16.6. The van der Waals surface area contributed by atoms with Gasteiger partial charge in [-0.3, -0.25) is 9.59 Å². The Morgan fingerprint density at radius 2 is 2.22 bits per heavy atom. The van der Waals surface area contributed by atoms with E-state index in [9.17, 15) is 14.7 Å². The van der Waals surface area contributed by atoms with Crippen LogP contribution in [0.4, 0.5) is 0 Å². The van der Waals surface area contributed by atoms with Gasteiger partial charge in [0.25, 0.3) is 5.91 Å². The molecule has 1 atom stereocenters. The minimum Gasteiger partial charge on any atom is -0.507 e. The lowest BCUT2D eigenvalue weighted by molar-refractivity contribution is 0.0526. The van der Waals surface area contributed by atoms with Crippen molar-refractivity contribution in [1.82, 2.24) is 9.88 Å². The summed E-state index contributed by atoms with van der Waals surface area (Å²) in [6.07, 6.45) is 4.85. The Morgan fingerprint density at radius 1 is 1.37 bits per heavy atom. The van der Waals surface area contributed by atoms with Crippen molar-refractivity contribution in [3.8, 4) is 17.4 Å². The average molecular weight is 370 g/mol. The third-order valence-electron chi connectivity index (χ3n) is 4.67. The first-order valence-corrected chi connectivity index (χ1v) is 8.85. The van der Waals surface area contributed by atoms with Crippen LogP contribution in [-0.2, 0) is 0 Å². The highest BCUT2D eigenvalue weighted by Gasteiger charge is 2.28. The molecule has 0 spiro atoms. The van der Waals surface area contributed by atoms with Gasteiger partial charge in [0.2, 0.25) is 5.88 Å². The molecule has 0 radical (unpaired) electrons. The summed E-state index contributed by atoms with van der Waals surface area (Å²) in [6.45, 7) is 0.885. The van der Waals surface area contributed by atoms with Gasteiger partial charge in [-0.25, -0.2) is 4.98 Å². The molecule has 2 heterocycles. The number of nitrogens with zero attached hydrogens (tertiary/aromatic N) is 2. The highest BCUT2D eigenvalue weighted by Crippen LogP contribution is 2.27. The molecule has 1 amide bonds. The molecule has 7 nitrogen and oxygen atoms in total. The molecular weight excluding hydrogens is 348 g/mol. The van der Waals surface area contributed by atoms with Crippen molar-refractivity contribution in [3.63, 3.8) is 0 Å². The minimum atomic E-state index is -0.122. The quantitative estimate of drug-likeness (QED) is 0.787. The predicted molar refractivity (Wildman–Crippen MR) is 98.5 cm³/mol. The van der Waals surface area contributed by atoms with Crippen LogP contribution in [0.1, 0.15) is 40.0 Å². The van der Waals surface area contributed by atoms with Gasteiger partial charge in [0.1, 0.15) is 18.1 Å². The van der Waals surface area contributed by atoms with Crippen molar-refractivity contribution >= 4 is 12.2 Å². The molecule has 7 heteroatoms. The first-order valence-electron chi connectivity index (χ1n) is 8.85. The standard InChI is InChI=1S/C20H22N2O5/c1-26-19-11-14(8-9-21-19)20(25)22-10-3-2-5-15(22)13-27-18-7-4-6-17(24)16(18)12-23/h4,6-9,11-12,15,24H,2-3,5,10,13H2,1H3/t15-/m0/s1. The van der Waals surface area contributed by atoms with Crippen LogP contribution >= 0.6 is 0 Å². The van der Waals surface area contributed by atoms with E-state index >= 15 is 0 Å². The van der Waals surface area contributed by atoms with E-state index in [1.807, 2.05) is 0 Å². The van der Waals surface area contributed by atoms with Crippen LogP contribution in [0, 0.1) is 0 Å². The lowest BCUT2D eigenvalue weighted by Crippen LogP contribution is -2.46. The molecular formula is C20H22N2O5. The van der Waals surface area contributed by atoms with Crippen molar-refractivity contribution in [2.24, 2.45) is 0 Å². The summed E-state index contributed by atoms with van der Waals surface area (Å²) in [5.41, 5.74) is 0.629. The van der Waals surface area contributed by atoms with Gasteiger partial charge in [-0.05, 0) is 37.5 Å². The molecule has 27 heavy (non-hydrogen) atoms. The van der Waals surface area contributed by atoms with E-state index in [1.54, 1.807) is 35.4 Å². The number of amides is 1. The third kappa shape index (κ3) is 4.19. The van der Waals surface area contributed by atoms with E-state index in [0.717, 1.165) is 19.3 Å². The van der Waals surface area contributed by atoms with Gasteiger partial charge >= 0.3 is 0 Å². The van der Waals surface area contributed by atoms with Crippen LogP contribution in [0.2, 0.25) is 0 Å². The second kappa shape index (κ2) is 8.53. The molecule has 1 fully saturated rings. The Bertz CT molecular complexity index is 824. The molecule has 1 aliphatic heterocycles. The van der Waals surface area contributed by atoms with Crippen molar-refractivity contribution in [2.75, 3.05) is 20.3 Å². The fraction of sp³-hybridized carbons (Fsp3) is 0.350. The smallest absolute Gasteiger partial charge is 0.254 e. The van der Waals surface area contributed by atoms with E-state index in [-0.39, 0.29) is 29.9 Å². The first-order chi connectivity index (χ1) is 13.1. The zero-order valence-electron chi connectivity index (χ0n) is 15.1. The molecule has 0 unspecified atom stereocenters. The SMILES string of the molecule is COc1cc(C(=O)N2CCCC[C@H]2COc2cccc(O)c2C=O)ccn1. The number of hydrogen-bond donors (Lipinski definition) is 1. The zero-order chi connectivity index (χ0) is 19.2. The molecule has 1 saturated heterocycles. The van der Waals surface area contributed by atoms with Gasteiger partial charge in [-0.2, -0.15) is 0 Å². The summed E-state index contributed by atoms with van der Waals surface area (Å²) in [7, 11) is 1.51. The third-order valence-corrected chi connectivity index (χ3v) is 4.67. The van der Waals surface area contributed by atoms with Crippen molar-refractivity contribution < 1.29 is 24.2 Å². The van der Waals surface area contributed by atoms with Gasteiger partial charge < -0.3 is 19.5 Å². The molecule has 0 aliphatic carbocycles. The predicted octanol–water partition coefficient (Wildman–Crippen LogP) is 2.68. The topological polar surface area (TPSA) is 89.0 Å². The Hall–Kier alpha value is -3.09. The van der Waals surface area contributed by atoms with Crippen molar-refractivity contribution in [1.29, 1.82) is 0 Å². The number of hydrogen-bond acceptors (Lipinski definition) is 6. The lowest BCUT2D eigenvalue weighted by Gasteiger charge is -2.35. The summed E-state index contributed by atoms with van der Waals surface area (Å²) >= 11 is 0. The van der Waals surface area contributed by atoms with Crippen molar-refractivity contribution in [3.05, 3.63) is 47.7 Å². The number of ether oxygens (including phenoxy) is 2. The summed E-state index contributed by atoms with van der Waals surface area (Å²) in [5.74, 6) is 0.480. The molecule has 0 bridgehead atoms. The highest BCUT2D eigenvalue weighted by atomic mass is 16.5. The van der Waals surface area contributed by atoms with Gasteiger partial charge in [-0.1, -0.05) is 6.07 Å². The Labute approximate surface area is 157 Å². The van der Waals surface area contributed by atoms with Crippen LogP contribution < -0.4 is 9.47 Å². The van der Waals surface area contributed by atoms with Crippen LogP contribution in [0.3, 0.4) is 0 Å². The van der Waals surface area contributed by atoms with Crippen LogP contribution in [0.5, 0.6) is 17.4 Å². The van der Waals surface area contributed by atoms with Crippen LogP contribution in [0.15, 0.2) is 36.5 Å². The Balaban J connectivity index is 1.75. The fourth-order valence-electron chi connectivity index (χ4n) is 3.22. The van der Waals surface area contributed by atoms with Crippen molar-refractivity contribution in [2.45, 2.75) is 25.3 Å². The second-order valence-corrected chi connectivity index (χ2v) is 6.35. The molecule has 142 valence electrons. The maximum absolute atomic E-state index is 13.0. The van der Waals surface area contributed by atoms with Gasteiger partial charge in [0.05, 0.1) is 18.7 Å². The maximum atomic E-state index is 13.0. The molecule has 1 aliphatic rings. The number of aromatic hydroxyl groups is 1. The number of piperidine rings is 1. The number of benzene rings is 1. The van der Waals surface area contributed by atoms with E-state index in [4.69, 9.17) is 9.47 Å². The van der Waals surface area contributed by atoms with Gasteiger partial charge in [-0.15, -0.1) is 0 Å². The molecule has 0 saturated carbocycles. The number of carbonyl (C=O) groups is 2. The van der Waals surface area contributed by atoms with E-state index in [2.05, 4.69) is 4.98 Å². The summed E-state index contributed by atoms with van der Waals surface area (Å²) < 4.78 is 10.9. The maximum Gasteiger partial charge on any atom is 0.254 e. The van der Waals surface area contributed by atoms with Crippen LogP contribution in [-0.4, -0.2) is 53.5 Å². The van der Waals surface area contributed by atoms with E-state index in [0.29, 0.717) is 30.0 Å². The molecule has 2 aromatic rings. The molecule has 1 N–H and O–H groups in total. The Kier molecular flexibility index (Phi) is 5.90. The van der Waals surface area contributed by atoms with E-state index < -0.39 is 0 Å². The van der Waals surface area contributed by atoms with Gasteiger partial charge in [0.15, 0.2) is 6.29 Å². The highest BCUT2D eigenvalue weighted by molar-refractivity contribution is 5.94. The monoisotopic (exact) mass is 370 g/mol. The van der Waals surface area contributed by atoms with E-state index in [1.165, 1.54) is 13.2 Å². The summed E-state index contributed by atoms with van der Waals surface area (Å²) in [5, 5.41) is 9.77. The molecule has 3 rings (SSSR count). The number of aldehydes is 1. The number of likely N-dealkylation sites (tertiary alicyclic amines) is 1. The molecule has 1 aromatic heterocycles. The minimum absolute atomic E-state index is 0.101. The summed E-state index contributed by atoms with van der Waals surface area (Å²) in [4.78, 5) is 30.0. The molecule has 1 aromatic carbocycles. The number of pyridine rings is 1. The summed E-state index contributed by atoms with van der Waals surface area (Å²) in [6, 6.07) is 7.85. The zero-order valence-corrected chi connectivity index (χ0v) is 15.1. The lowest BCUT2D eigenvalue weighted by atomic mass is 10.0. The number of methoxy groups -OCH3 is 1. The number of carbonyl (C=O) groups excluding carboxylic acids is 2. The van der Waals surface area contributed by atoms with Gasteiger partial charge in [0, 0.05) is 24.4 Å². The fourth-order valence-corrected chi connectivity index (χ4v) is 3.22. The number of aromatic nitrogens is 1.